The number of nitriles is 1. The molecular formula is C15H20N4O. The summed E-state index contributed by atoms with van der Waals surface area (Å²) in [6.45, 7) is 4.13. The van der Waals surface area contributed by atoms with Crippen molar-refractivity contribution >= 4 is 11.6 Å². The molecule has 1 aliphatic heterocycles. The summed E-state index contributed by atoms with van der Waals surface area (Å²) in [4.78, 5) is 14.1. The van der Waals surface area contributed by atoms with Crippen LogP contribution in [-0.4, -0.2) is 36.5 Å². The molecule has 1 aliphatic rings. The number of carbonyl (C=O) groups is 1. The summed E-state index contributed by atoms with van der Waals surface area (Å²) in [7, 11) is 0. The molecule has 1 aromatic carbocycles. The zero-order valence-electron chi connectivity index (χ0n) is 11.7. The minimum absolute atomic E-state index is 0.0852. The molecule has 106 valence electrons. The zero-order chi connectivity index (χ0) is 14.5. The fourth-order valence-corrected chi connectivity index (χ4v) is 2.52. The number of nitrogens with zero attached hydrogens (tertiary/aromatic N) is 2. The predicted molar refractivity (Wildman–Crippen MR) is 78.0 cm³/mol. The molecule has 1 aromatic rings. The van der Waals surface area contributed by atoms with Crippen LogP contribution in [0, 0.1) is 17.2 Å². The van der Waals surface area contributed by atoms with Gasteiger partial charge in [0.2, 0.25) is 5.91 Å². The molecule has 0 bridgehead atoms. The number of carbonyl (C=O) groups excluding carboxylic acids is 1. The summed E-state index contributed by atoms with van der Waals surface area (Å²) in [6, 6.07) is 9.26. The fourth-order valence-electron chi connectivity index (χ4n) is 2.52. The Morgan fingerprint density at radius 3 is 3.00 bits per heavy atom. The van der Waals surface area contributed by atoms with E-state index < -0.39 is 0 Å². The Balaban J connectivity index is 1.89. The number of likely N-dealkylation sites (tertiary alicyclic amines) is 1. The quantitative estimate of drug-likeness (QED) is 0.862. The van der Waals surface area contributed by atoms with Gasteiger partial charge in [0, 0.05) is 12.6 Å². The number of para-hydroxylation sites is 1. The van der Waals surface area contributed by atoms with Crippen LogP contribution in [0.5, 0.6) is 0 Å². The van der Waals surface area contributed by atoms with E-state index in [9.17, 15) is 4.79 Å². The molecule has 1 amide bonds. The van der Waals surface area contributed by atoms with Crippen LogP contribution in [0.4, 0.5) is 5.69 Å². The molecule has 2 unspecified atom stereocenters. The molecule has 1 fully saturated rings. The number of amides is 1. The SMILES string of the molecule is CC(N)C1CCN(CC(=O)Nc2ccccc2C#N)C1. The molecule has 5 heteroatoms. The average Bonchev–Trinajstić information content (AvgIpc) is 2.88. The average molecular weight is 272 g/mol. The summed E-state index contributed by atoms with van der Waals surface area (Å²) in [5, 5.41) is 11.8. The highest BCUT2D eigenvalue weighted by molar-refractivity contribution is 5.93. The first-order valence-electron chi connectivity index (χ1n) is 6.87. The molecular weight excluding hydrogens is 252 g/mol. The van der Waals surface area contributed by atoms with Crippen LogP contribution in [0.1, 0.15) is 18.9 Å². The fraction of sp³-hybridized carbons (Fsp3) is 0.467. The molecule has 0 spiro atoms. The molecule has 2 atom stereocenters. The second-order valence-corrected chi connectivity index (χ2v) is 5.35. The van der Waals surface area contributed by atoms with Crippen molar-refractivity contribution in [2.75, 3.05) is 25.0 Å². The second-order valence-electron chi connectivity index (χ2n) is 5.35. The molecule has 1 saturated heterocycles. The van der Waals surface area contributed by atoms with E-state index in [0.29, 0.717) is 23.7 Å². The molecule has 0 aromatic heterocycles. The summed E-state index contributed by atoms with van der Waals surface area (Å²) in [6.07, 6.45) is 1.04. The molecule has 0 radical (unpaired) electrons. The van der Waals surface area contributed by atoms with Crippen molar-refractivity contribution in [3.05, 3.63) is 29.8 Å². The van der Waals surface area contributed by atoms with Gasteiger partial charge < -0.3 is 11.1 Å². The maximum absolute atomic E-state index is 12.0. The summed E-state index contributed by atoms with van der Waals surface area (Å²) in [5.41, 5.74) is 6.94. The number of nitrogens with one attached hydrogen (secondary N) is 1. The lowest BCUT2D eigenvalue weighted by Gasteiger charge is -2.17. The normalized spacial score (nSPS) is 20.4. The molecule has 0 saturated carbocycles. The van der Waals surface area contributed by atoms with E-state index >= 15 is 0 Å². The van der Waals surface area contributed by atoms with Crippen molar-refractivity contribution in [3.63, 3.8) is 0 Å². The molecule has 20 heavy (non-hydrogen) atoms. The largest absolute Gasteiger partial charge is 0.328 e. The number of hydrogen-bond donors (Lipinski definition) is 2. The Bertz CT molecular complexity index is 521. The van der Waals surface area contributed by atoms with Crippen LogP contribution in [0.2, 0.25) is 0 Å². The molecule has 3 N–H and O–H groups in total. The van der Waals surface area contributed by atoms with Crippen molar-refractivity contribution in [1.82, 2.24) is 4.90 Å². The number of benzene rings is 1. The lowest BCUT2D eigenvalue weighted by molar-refractivity contribution is -0.117. The minimum Gasteiger partial charge on any atom is -0.328 e. The van der Waals surface area contributed by atoms with Crippen molar-refractivity contribution < 1.29 is 4.79 Å². The number of anilines is 1. The maximum atomic E-state index is 12.0. The van der Waals surface area contributed by atoms with Gasteiger partial charge in [-0.25, -0.2) is 0 Å². The third-order valence-corrected chi connectivity index (χ3v) is 3.74. The number of nitrogens with two attached hydrogens (primary N) is 1. The monoisotopic (exact) mass is 272 g/mol. The highest BCUT2D eigenvalue weighted by Crippen LogP contribution is 2.19. The third-order valence-electron chi connectivity index (χ3n) is 3.74. The highest BCUT2D eigenvalue weighted by Gasteiger charge is 2.26. The van der Waals surface area contributed by atoms with Crippen molar-refractivity contribution in [2.24, 2.45) is 11.7 Å². The smallest absolute Gasteiger partial charge is 0.238 e. The lowest BCUT2D eigenvalue weighted by atomic mass is 10.0. The number of hydrogen-bond acceptors (Lipinski definition) is 4. The van der Waals surface area contributed by atoms with E-state index in [1.54, 1.807) is 24.3 Å². The Morgan fingerprint density at radius 2 is 2.35 bits per heavy atom. The van der Waals surface area contributed by atoms with Gasteiger partial charge in [-0.3, -0.25) is 9.69 Å². The Kier molecular flexibility index (Phi) is 4.72. The first-order chi connectivity index (χ1) is 9.60. The van der Waals surface area contributed by atoms with Crippen LogP contribution in [0.3, 0.4) is 0 Å². The summed E-state index contributed by atoms with van der Waals surface area (Å²) < 4.78 is 0. The lowest BCUT2D eigenvalue weighted by Crippen LogP contribution is -2.34. The van der Waals surface area contributed by atoms with E-state index in [4.69, 9.17) is 11.0 Å². The van der Waals surface area contributed by atoms with Crippen LogP contribution >= 0.6 is 0 Å². The van der Waals surface area contributed by atoms with E-state index in [0.717, 1.165) is 19.5 Å². The first kappa shape index (κ1) is 14.5. The Labute approximate surface area is 119 Å². The maximum Gasteiger partial charge on any atom is 0.238 e. The van der Waals surface area contributed by atoms with Gasteiger partial charge in [-0.2, -0.15) is 5.26 Å². The van der Waals surface area contributed by atoms with Gasteiger partial charge in [-0.1, -0.05) is 12.1 Å². The van der Waals surface area contributed by atoms with Crippen LogP contribution in [0.15, 0.2) is 24.3 Å². The van der Waals surface area contributed by atoms with Gasteiger partial charge in [0.15, 0.2) is 0 Å². The van der Waals surface area contributed by atoms with Crippen LogP contribution < -0.4 is 11.1 Å². The van der Waals surface area contributed by atoms with Gasteiger partial charge in [0.1, 0.15) is 6.07 Å². The molecule has 2 rings (SSSR count). The van der Waals surface area contributed by atoms with Gasteiger partial charge in [-0.15, -0.1) is 0 Å². The predicted octanol–water partition coefficient (Wildman–Crippen LogP) is 1.17. The van der Waals surface area contributed by atoms with Crippen molar-refractivity contribution in [3.8, 4) is 6.07 Å². The van der Waals surface area contributed by atoms with E-state index in [-0.39, 0.29) is 11.9 Å². The summed E-state index contributed by atoms with van der Waals surface area (Å²) in [5.74, 6) is 0.382. The van der Waals surface area contributed by atoms with Crippen LogP contribution in [-0.2, 0) is 4.79 Å². The first-order valence-corrected chi connectivity index (χ1v) is 6.87. The Morgan fingerprint density at radius 1 is 1.60 bits per heavy atom. The van der Waals surface area contributed by atoms with E-state index in [2.05, 4.69) is 16.3 Å². The van der Waals surface area contributed by atoms with Gasteiger partial charge in [-0.05, 0) is 37.9 Å². The molecule has 5 nitrogen and oxygen atoms in total. The van der Waals surface area contributed by atoms with E-state index in [1.165, 1.54) is 0 Å². The molecule has 0 aliphatic carbocycles. The third kappa shape index (κ3) is 3.56. The molecule has 1 heterocycles. The van der Waals surface area contributed by atoms with Gasteiger partial charge in [0.25, 0.3) is 0 Å². The standard InChI is InChI=1S/C15H20N4O/c1-11(17)13-6-7-19(9-13)10-15(20)18-14-5-3-2-4-12(14)8-16/h2-5,11,13H,6-7,9-10,17H2,1H3,(H,18,20). The minimum atomic E-state index is -0.0852. The van der Waals surface area contributed by atoms with Gasteiger partial charge in [0.05, 0.1) is 17.8 Å². The van der Waals surface area contributed by atoms with Crippen molar-refractivity contribution in [2.45, 2.75) is 19.4 Å². The van der Waals surface area contributed by atoms with Gasteiger partial charge >= 0.3 is 0 Å². The highest BCUT2D eigenvalue weighted by atomic mass is 16.2. The summed E-state index contributed by atoms with van der Waals surface area (Å²) >= 11 is 0. The second kappa shape index (κ2) is 6.51. The van der Waals surface area contributed by atoms with Crippen LogP contribution in [0.25, 0.3) is 0 Å². The Hall–Kier alpha value is -1.90. The number of rotatable bonds is 4. The van der Waals surface area contributed by atoms with Crippen molar-refractivity contribution in [1.29, 1.82) is 5.26 Å². The zero-order valence-corrected chi connectivity index (χ0v) is 11.7. The topological polar surface area (TPSA) is 82.2 Å². The van der Waals surface area contributed by atoms with E-state index in [1.807, 2.05) is 6.92 Å².